The molecule has 0 aliphatic carbocycles. The van der Waals surface area contributed by atoms with Gasteiger partial charge in [0.1, 0.15) is 0 Å². The average molecular weight is 398 g/mol. The first-order valence-electron chi connectivity index (χ1n) is 8.83. The average Bonchev–Trinajstić information content (AvgIpc) is 2.62. The number of sulfone groups is 1. The Morgan fingerprint density at radius 2 is 1.86 bits per heavy atom. The van der Waals surface area contributed by atoms with Crippen LogP contribution in [0.25, 0.3) is 6.08 Å². The number of hydrogen-bond donors (Lipinski definition) is 1. The van der Waals surface area contributed by atoms with Crippen LogP contribution in [0.4, 0.5) is 5.69 Å². The molecule has 146 valence electrons. The minimum absolute atomic E-state index is 0.0590. The molecular formula is C21H22N2O4S. The van der Waals surface area contributed by atoms with E-state index in [0.717, 1.165) is 22.9 Å². The third-order valence-electron chi connectivity index (χ3n) is 4.76. The largest absolute Gasteiger partial charge is 0.326 e. The molecule has 1 aliphatic rings. The van der Waals surface area contributed by atoms with E-state index in [0.29, 0.717) is 5.69 Å². The fourth-order valence-corrected chi connectivity index (χ4v) is 3.90. The Labute approximate surface area is 164 Å². The highest BCUT2D eigenvalue weighted by atomic mass is 32.2. The number of amides is 2. The molecule has 2 amide bonds. The Bertz CT molecular complexity index is 1070. The van der Waals surface area contributed by atoms with Crippen molar-refractivity contribution in [3.05, 3.63) is 65.4 Å². The van der Waals surface area contributed by atoms with Gasteiger partial charge in [0.05, 0.1) is 17.4 Å². The number of hydrogen-bond acceptors (Lipinski definition) is 4. The van der Waals surface area contributed by atoms with Gasteiger partial charge in [0.25, 0.3) is 0 Å². The van der Waals surface area contributed by atoms with Crippen LogP contribution in [0.2, 0.25) is 0 Å². The minimum atomic E-state index is -3.38. The van der Waals surface area contributed by atoms with E-state index in [1.165, 1.54) is 19.1 Å². The molecule has 2 aromatic rings. The number of anilines is 1. The summed E-state index contributed by atoms with van der Waals surface area (Å²) in [5.41, 5.74) is 3.07. The zero-order valence-corrected chi connectivity index (χ0v) is 16.8. The number of nitrogens with zero attached hydrogens (tertiary/aromatic N) is 1. The van der Waals surface area contributed by atoms with E-state index in [4.69, 9.17) is 0 Å². The lowest BCUT2D eigenvalue weighted by molar-refractivity contribution is -0.129. The van der Waals surface area contributed by atoms with Crippen molar-refractivity contribution in [2.45, 2.75) is 31.2 Å². The second-order valence-corrected chi connectivity index (χ2v) is 8.90. The molecular weight excluding hydrogens is 376 g/mol. The Hall–Kier alpha value is -2.93. The first-order chi connectivity index (χ1) is 13.2. The highest BCUT2D eigenvalue weighted by molar-refractivity contribution is 7.90. The summed E-state index contributed by atoms with van der Waals surface area (Å²) in [5, 5.41) is 2.79. The van der Waals surface area contributed by atoms with Crippen LogP contribution in [0.15, 0.2) is 53.6 Å². The van der Waals surface area contributed by atoms with Gasteiger partial charge in [-0.1, -0.05) is 30.3 Å². The highest BCUT2D eigenvalue weighted by Gasteiger charge is 2.28. The van der Waals surface area contributed by atoms with Crippen molar-refractivity contribution in [1.29, 1.82) is 0 Å². The lowest BCUT2D eigenvalue weighted by atomic mass is 9.93. The van der Waals surface area contributed by atoms with Crippen LogP contribution in [-0.2, 0) is 19.4 Å². The van der Waals surface area contributed by atoms with Gasteiger partial charge in [0, 0.05) is 25.1 Å². The molecule has 0 aromatic heterocycles. The van der Waals surface area contributed by atoms with E-state index in [-0.39, 0.29) is 23.1 Å². The van der Waals surface area contributed by atoms with Crippen LogP contribution in [0, 0.1) is 6.92 Å². The van der Waals surface area contributed by atoms with Crippen LogP contribution >= 0.6 is 0 Å². The smallest absolute Gasteiger partial charge is 0.226 e. The second-order valence-electron chi connectivity index (χ2n) is 6.89. The molecule has 1 heterocycles. The molecule has 7 heteroatoms. The van der Waals surface area contributed by atoms with Crippen LogP contribution in [-0.4, -0.2) is 31.4 Å². The SMILES string of the molecule is CC(=O)N1C=Cc2ccccc2C1CC(=O)Nc1cc(S(C)(=O)=O)ccc1C. The van der Waals surface area contributed by atoms with Gasteiger partial charge < -0.3 is 10.2 Å². The molecule has 1 N–H and O–H groups in total. The molecule has 6 nitrogen and oxygen atoms in total. The van der Waals surface area contributed by atoms with Crippen molar-refractivity contribution in [2.75, 3.05) is 11.6 Å². The van der Waals surface area contributed by atoms with Crippen molar-refractivity contribution < 1.29 is 18.0 Å². The molecule has 0 spiro atoms. The fourth-order valence-electron chi connectivity index (χ4n) is 3.26. The van der Waals surface area contributed by atoms with Gasteiger partial charge in [0.2, 0.25) is 11.8 Å². The number of carbonyl (C=O) groups excluding carboxylic acids is 2. The summed E-state index contributed by atoms with van der Waals surface area (Å²) in [6.07, 6.45) is 4.73. The van der Waals surface area contributed by atoms with Crippen molar-refractivity contribution in [3.63, 3.8) is 0 Å². The minimum Gasteiger partial charge on any atom is -0.326 e. The van der Waals surface area contributed by atoms with Gasteiger partial charge in [-0.15, -0.1) is 0 Å². The highest BCUT2D eigenvalue weighted by Crippen LogP contribution is 2.33. The molecule has 28 heavy (non-hydrogen) atoms. The number of fused-ring (bicyclic) bond motifs is 1. The van der Waals surface area contributed by atoms with Gasteiger partial charge in [-0.2, -0.15) is 0 Å². The van der Waals surface area contributed by atoms with E-state index in [2.05, 4.69) is 5.32 Å². The number of rotatable bonds is 4. The summed E-state index contributed by atoms with van der Waals surface area (Å²) in [6.45, 7) is 3.26. The molecule has 1 aliphatic heterocycles. The van der Waals surface area contributed by atoms with E-state index >= 15 is 0 Å². The molecule has 0 radical (unpaired) electrons. The second kappa shape index (κ2) is 7.59. The topological polar surface area (TPSA) is 83.6 Å². The molecule has 2 aromatic carbocycles. The van der Waals surface area contributed by atoms with Gasteiger partial charge in [-0.25, -0.2) is 8.42 Å². The maximum absolute atomic E-state index is 12.7. The number of benzene rings is 2. The maximum atomic E-state index is 12.7. The van der Waals surface area contributed by atoms with Crippen molar-refractivity contribution in [1.82, 2.24) is 4.90 Å². The Balaban J connectivity index is 1.86. The van der Waals surface area contributed by atoms with Crippen LogP contribution in [0.1, 0.15) is 36.1 Å². The summed E-state index contributed by atoms with van der Waals surface area (Å²) in [5.74, 6) is -0.450. The van der Waals surface area contributed by atoms with Crippen molar-refractivity contribution >= 4 is 33.4 Å². The lowest BCUT2D eigenvalue weighted by Gasteiger charge is -2.32. The lowest BCUT2D eigenvalue weighted by Crippen LogP contribution is -2.33. The van der Waals surface area contributed by atoms with E-state index in [9.17, 15) is 18.0 Å². The van der Waals surface area contributed by atoms with Crippen LogP contribution in [0.3, 0.4) is 0 Å². The van der Waals surface area contributed by atoms with E-state index in [1.807, 2.05) is 30.3 Å². The monoisotopic (exact) mass is 398 g/mol. The quantitative estimate of drug-likeness (QED) is 0.857. The van der Waals surface area contributed by atoms with Crippen LogP contribution < -0.4 is 5.32 Å². The molecule has 0 saturated carbocycles. The third-order valence-corrected chi connectivity index (χ3v) is 5.87. The first-order valence-corrected chi connectivity index (χ1v) is 10.7. The fraction of sp³-hybridized carbons (Fsp3) is 0.238. The van der Waals surface area contributed by atoms with Gasteiger partial charge in [-0.05, 0) is 41.8 Å². The predicted molar refractivity (Wildman–Crippen MR) is 108 cm³/mol. The molecule has 3 rings (SSSR count). The predicted octanol–water partition coefficient (Wildman–Crippen LogP) is 3.30. The Morgan fingerprint density at radius 3 is 2.54 bits per heavy atom. The molecule has 1 atom stereocenters. The van der Waals surface area contributed by atoms with Crippen molar-refractivity contribution in [3.8, 4) is 0 Å². The first kappa shape index (κ1) is 19.8. The third kappa shape index (κ3) is 4.14. The standard InChI is InChI=1S/C21H22N2O4S/c1-14-8-9-17(28(3,26)27)12-19(14)22-21(25)13-20-18-7-5-4-6-16(18)10-11-23(20)15(2)24/h4-12,20H,13H2,1-3H3,(H,22,25). The van der Waals surface area contributed by atoms with E-state index < -0.39 is 15.9 Å². The van der Waals surface area contributed by atoms with Gasteiger partial charge in [-0.3, -0.25) is 9.59 Å². The van der Waals surface area contributed by atoms with E-state index in [1.54, 1.807) is 24.1 Å². The van der Waals surface area contributed by atoms with Crippen LogP contribution in [0.5, 0.6) is 0 Å². The number of nitrogens with one attached hydrogen (secondary N) is 1. The molecule has 1 unspecified atom stereocenters. The normalized spacial score (nSPS) is 15.8. The molecule has 0 fully saturated rings. The summed E-state index contributed by atoms with van der Waals surface area (Å²) in [4.78, 5) is 26.5. The number of carbonyl (C=O) groups is 2. The maximum Gasteiger partial charge on any atom is 0.226 e. The molecule has 0 saturated heterocycles. The Kier molecular flexibility index (Phi) is 5.38. The summed E-state index contributed by atoms with van der Waals surface area (Å²) >= 11 is 0. The zero-order valence-electron chi connectivity index (χ0n) is 16.0. The van der Waals surface area contributed by atoms with Crippen molar-refractivity contribution in [2.24, 2.45) is 0 Å². The Morgan fingerprint density at radius 1 is 1.14 bits per heavy atom. The summed E-state index contributed by atoms with van der Waals surface area (Å²) < 4.78 is 23.6. The van der Waals surface area contributed by atoms with Gasteiger partial charge >= 0.3 is 0 Å². The number of aryl methyl sites for hydroxylation is 1. The molecule has 0 bridgehead atoms. The van der Waals surface area contributed by atoms with Gasteiger partial charge in [0.15, 0.2) is 9.84 Å². The summed E-state index contributed by atoms with van der Waals surface area (Å²) in [6, 6.07) is 11.8. The zero-order chi connectivity index (χ0) is 20.5. The summed E-state index contributed by atoms with van der Waals surface area (Å²) in [7, 11) is -3.38.